The molecule has 0 bridgehead atoms. The number of benzene rings is 2. The molecule has 128 valence electrons. The molecule has 0 aliphatic heterocycles. The van der Waals surface area contributed by atoms with Crippen LogP contribution in [0.2, 0.25) is 0 Å². The molecule has 3 aromatic rings. The lowest BCUT2D eigenvalue weighted by molar-refractivity contribution is -0.115. The Morgan fingerprint density at radius 2 is 1.80 bits per heavy atom. The first-order valence-electron chi connectivity index (χ1n) is 8.02. The van der Waals surface area contributed by atoms with E-state index in [1.807, 2.05) is 56.3 Å². The highest BCUT2D eigenvalue weighted by molar-refractivity contribution is 5.93. The highest BCUT2D eigenvalue weighted by atomic mass is 16.5. The Hall–Kier alpha value is -3.08. The van der Waals surface area contributed by atoms with E-state index in [2.05, 4.69) is 10.5 Å². The van der Waals surface area contributed by atoms with Crippen molar-refractivity contribution in [2.24, 2.45) is 0 Å². The fourth-order valence-electron chi connectivity index (χ4n) is 2.53. The number of ether oxygens (including phenoxy) is 1. The van der Waals surface area contributed by atoms with Crippen LogP contribution in [-0.2, 0) is 11.2 Å². The molecule has 2 aromatic carbocycles. The molecule has 1 aromatic heterocycles. The van der Waals surface area contributed by atoms with Crippen molar-refractivity contribution >= 4 is 11.6 Å². The number of nitrogens with one attached hydrogen (secondary N) is 1. The van der Waals surface area contributed by atoms with Gasteiger partial charge >= 0.3 is 0 Å². The van der Waals surface area contributed by atoms with Gasteiger partial charge in [-0.05, 0) is 31.5 Å². The van der Waals surface area contributed by atoms with E-state index < -0.39 is 0 Å². The van der Waals surface area contributed by atoms with Crippen LogP contribution in [0.15, 0.2) is 53.1 Å². The van der Waals surface area contributed by atoms with Crippen LogP contribution in [0.3, 0.4) is 0 Å². The van der Waals surface area contributed by atoms with Gasteiger partial charge in [0, 0.05) is 11.6 Å². The Bertz CT molecular complexity index is 882. The Balaban J connectivity index is 1.70. The molecule has 0 spiro atoms. The summed E-state index contributed by atoms with van der Waals surface area (Å²) in [6, 6.07) is 15.4. The minimum Gasteiger partial charge on any atom is -0.495 e. The molecule has 0 aliphatic carbocycles. The molecule has 0 saturated heterocycles. The lowest BCUT2D eigenvalue weighted by atomic mass is 10.1. The number of hydrogen-bond acceptors (Lipinski definition) is 4. The van der Waals surface area contributed by atoms with E-state index >= 15 is 0 Å². The largest absolute Gasteiger partial charge is 0.495 e. The molecular formula is C20H20N2O3. The Morgan fingerprint density at radius 3 is 2.52 bits per heavy atom. The third kappa shape index (κ3) is 4.07. The SMILES string of the molecule is COc1ccc(C)cc1NC(=O)Cc1cc(-c2ccc(C)cc2)on1. The zero-order valence-electron chi connectivity index (χ0n) is 14.5. The monoisotopic (exact) mass is 336 g/mol. The number of hydrogen-bond donors (Lipinski definition) is 1. The van der Waals surface area contributed by atoms with E-state index in [4.69, 9.17) is 9.26 Å². The topological polar surface area (TPSA) is 64.4 Å². The predicted octanol–water partition coefficient (Wildman–Crippen LogP) is 4.15. The smallest absolute Gasteiger partial charge is 0.230 e. The minimum atomic E-state index is -0.173. The van der Waals surface area contributed by atoms with E-state index in [0.29, 0.717) is 22.9 Å². The van der Waals surface area contributed by atoms with Gasteiger partial charge in [-0.3, -0.25) is 4.79 Å². The summed E-state index contributed by atoms with van der Waals surface area (Å²) in [4.78, 5) is 12.3. The molecule has 5 nitrogen and oxygen atoms in total. The molecule has 0 radical (unpaired) electrons. The van der Waals surface area contributed by atoms with Gasteiger partial charge in [-0.1, -0.05) is 41.1 Å². The van der Waals surface area contributed by atoms with Gasteiger partial charge in [0.15, 0.2) is 5.76 Å². The summed E-state index contributed by atoms with van der Waals surface area (Å²) in [7, 11) is 1.58. The fourth-order valence-corrected chi connectivity index (χ4v) is 2.53. The van der Waals surface area contributed by atoms with Gasteiger partial charge in [-0.15, -0.1) is 0 Å². The second-order valence-electron chi connectivity index (χ2n) is 5.98. The number of methoxy groups -OCH3 is 1. The third-order valence-corrected chi connectivity index (χ3v) is 3.87. The van der Waals surface area contributed by atoms with Gasteiger partial charge in [0.2, 0.25) is 5.91 Å². The highest BCUT2D eigenvalue weighted by Gasteiger charge is 2.13. The molecule has 25 heavy (non-hydrogen) atoms. The standard InChI is InChI=1S/C20H20N2O3/c1-13-4-7-15(8-5-13)19-11-16(22-25-19)12-20(23)21-17-10-14(2)6-9-18(17)24-3/h4-11H,12H2,1-3H3,(H,21,23). The summed E-state index contributed by atoms with van der Waals surface area (Å²) in [5, 5.41) is 6.85. The number of anilines is 1. The van der Waals surface area contributed by atoms with Crippen LogP contribution in [0.5, 0.6) is 5.75 Å². The van der Waals surface area contributed by atoms with Crippen LogP contribution in [-0.4, -0.2) is 18.2 Å². The Kier molecular flexibility index (Phi) is 4.84. The van der Waals surface area contributed by atoms with Gasteiger partial charge in [-0.25, -0.2) is 0 Å². The second kappa shape index (κ2) is 7.21. The lowest BCUT2D eigenvalue weighted by Crippen LogP contribution is -2.15. The molecule has 0 saturated carbocycles. The van der Waals surface area contributed by atoms with Crippen LogP contribution >= 0.6 is 0 Å². The zero-order valence-corrected chi connectivity index (χ0v) is 14.5. The second-order valence-corrected chi connectivity index (χ2v) is 5.98. The van der Waals surface area contributed by atoms with Crippen LogP contribution in [0.1, 0.15) is 16.8 Å². The molecule has 5 heteroatoms. The molecular weight excluding hydrogens is 316 g/mol. The van der Waals surface area contributed by atoms with Crippen molar-refractivity contribution in [3.05, 3.63) is 65.4 Å². The number of aryl methyl sites for hydroxylation is 2. The number of amides is 1. The summed E-state index contributed by atoms with van der Waals surface area (Å²) in [6.45, 7) is 3.99. The van der Waals surface area contributed by atoms with Crippen molar-refractivity contribution in [3.8, 4) is 17.1 Å². The number of rotatable bonds is 5. The van der Waals surface area contributed by atoms with Gasteiger partial charge in [0.1, 0.15) is 5.75 Å². The molecule has 0 fully saturated rings. The molecule has 0 unspecified atom stereocenters. The van der Waals surface area contributed by atoms with E-state index in [0.717, 1.165) is 11.1 Å². The molecule has 3 rings (SSSR count). The Labute approximate surface area is 146 Å². The van der Waals surface area contributed by atoms with Crippen LogP contribution in [0.25, 0.3) is 11.3 Å². The number of nitrogens with zero attached hydrogens (tertiary/aromatic N) is 1. The third-order valence-electron chi connectivity index (χ3n) is 3.87. The molecule has 1 N–H and O–H groups in total. The molecule has 0 aliphatic rings. The first kappa shape index (κ1) is 16.8. The fraction of sp³-hybridized carbons (Fsp3) is 0.200. The maximum absolute atomic E-state index is 12.3. The quantitative estimate of drug-likeness (QED) is 0.760. The maximum Gasteiger partial charge on any atom is 0.230 e. The van der Waals surface area contributed by atoms with E-state index in [1.54, 1.807) is 13.2 Å². The van der Waals surface area contributed by atoms with Crippen LogP contribution in [0, 0.1) is 13.8 Å². The number of carbonyl (C=O) groups excluding carboxylic acids is 1. The molecule has 1 heterocycles. The van der Waals surface area contributed by atoms with Gasteiger partial charge in [0.25, 0.3) is 0 Å². The Morgan fingerprint density at radius 1 is 1.08 bits per heavy atom. The van der Waals surface area contributed by atoms with Gasteiger partial charge in [-0.2, -0.15) is 0 Å². The summed E-state index contributed by atoms with van der Waals surface area (Å²) in [6.07, 6.45) is 0.131. The van der Waals surface area contributed by atoms with Crippen LogP contribution < -0.4 is 10.1 Å². The zero-order chi connectivity index (χ0) is 17.8. The highest BCUT2D eigenvalue weighted by Crippen LogP contribution is 2.26. The number of aromatic nitrogens is 1. The van der Waals surface area contributed by atoms with Gasteiger partial charge < -0.3 is 14.6 Å². The van der Waals surface area contributed by atoms with Crippen molar-refractivity contribution < 1.29 is 14.1 Å². The van der Waals surface area contributed by atoms with Gasteiger partial charge in [0.05, 0.1) is 24.9 Å². The summed E-state index contributed by atoms with van der Waals surface area (Å²) in [5.41, 5.74) is 4.38. The van der Waals surface area contributed by atoms with E-state index in [9.17, 15) is 4.79 Å². The van der Waals surface area contributed by atoms with Crippen LogP contribution in [0.4, 0.5) is 5.69 Å². The van der Waals surface area contributed by atoms with Crippen molar-refractivity contribution in [2.75, 3.05) is 12.4 Å². The summed E-state index contributed by atoms with van der Waals surface area (Å²) in [5.74, 6) is 1.10. The summed E-state index contributed by atoms with van der Waals surface area (Å²) >= 11 is 0. The summed E-state index contributed by atoms with van der Waals surface area (Å²) < 4.78 is 10.6. The minimum absolute atomic E-state index is 0.131. The number of carbonyl (C=O) groups is 1. The first-order chi connectivity index (χ1) is 12.0. The normalized spacial score (nSPS) is 10.5. The molecule has 0 atom stereocenters. The van der Waals surface area contributed by atoms with Crippen molar-refractivity contribution in [3.63, 3.8) is 0 Å². The average Bonchev–Trinajstić information content (AvgIpc) is 3.04. The van der Waals surface area contributed by atoms with E-state index in [1.165, 1.54) is 5.56 Å². The van der Waals surface area contributed by atoms with Crippen molar-refractivity contribution in [2.45, 2.75) is 20.3 Å². The predicted molar refractivity (Wildman–Crippen MR) is 96.7 cm³/mol. The van der Waals surface area contributed by atoms with Crippen molar-refractivity contribution in [1.82, 2.24) is 5.16 Å². The average molecular weight is 336 g/mol. The van der Waals surface area contributed by atoms with E-state index in [-0.39, 0.29) is 12.3 Å². The molecule has 1 amide bonds. The maximum atomic E-state index is 12.3. The lowest BCUT2D eigenvalue weighted by Gasteiger charge is -2.10. The first-order valence-corrected chi connectivity index (χ1v) is 8.02. The van der Waals surface area contributed by atoms with Crippen molar-refractivity contribution in [1.29, 1.82) is 0 Å².